The van der Waals surface area contributed by atoms with Gasteiger partial charge in [0.15, 0.2) is 0 Å². The summed E-state index contributed by atoms with van der Waals surface area (Å²) in [5.41, 5.74) is 1.52. The van der Waals surface area contributed by atoms with Crippen LogP contribution in [0.15, 0.2) is 66.2 Å². The molecule has 1 amide bonds. The molecule has 1 unspecified atom stereocenters. The molecule has 1 aliphatic heterocycles. The van der Waals surface area contributed by atoms with Gasteiger partial charge in [0.25, 0.3) is 11.7 Å². The number of nitrogens with zero attached hydrogens (tertiary/aromatic N) is 1. The van der Waals surface area contributed by atoms with Gasteiger partial charge in [-0.15, -0.1) is 0 Å². The average molecular weight is 482 g/mol. The number of aliphatic hydroxyl groups is 1. The summed E-state index contributed by atoms with van der Waals surface area (Å²) in [5, 5.41) is 11.6. The van der Waals surface area contributed by atoms with Crippen molar-refractivity contribution in [2.24, 2.45) is 0 Å². The first-order valence-corrected chi connectivity index (χ1v) is 10.7. The van der Waals surface area contributed by atoms with Crippen molar-refractivity contribution in [3.05, 3.63) is 93.8 Å². The first-order valence-electron chi connectivity index (χ1n) is 10.3. The Morgan fingerprint density at radius 2 is 1.71 bits per heavy atom. The van der Waals surface area contributed by atoms with Crippen LogP contribution < -0.4 is 14.4 Å². The van der Waals surface area contributed by atoms with Gasteiger partial charge in [0, 0.05) is 11.8 Å². The van der Waals surface area contributed by atoms with Crippen LogP contribution in [0, 0.1) is 12.7 Å². The Balaban J connectivity index is 2.02. The lowest BCUT2D eigenvalue weighted by Gasteiger charge is -2.26. The van der Waals surface area contributed by atoms with E-state index in [1.165, 1.54) is 55.5 Å². The standard InChI is InChI=1S/C26H21ClFNO5/c1-14-7-4-5-10-17(14)23-22(24(30)18-12-19(27)21(34-3)13-20(18)33-2)25(31)26(32)29(23)16-9-6-8-15(28)11-16/h4-13,23,30H,1-3H3/b24-22+. The fourth-order valence-corrected chi connectivity index (χ4v) is 4.34. The second-order valence-corrected chi connectivity index (χ2v) is 8.10. The van der Waals surface area contributed by atoms with Crippen LogP contribution in [0.3, 0.4) is 0 Å². The molecule has 1 fully saturated rings. The number of Topliss-reactive ketones (excluding diaryl/α,β-unsaturated/α-hetero) is 1. The maximum atomic E-state index is 14.1. The molecule has 1 aliphatic rings. The third kappa shape index (κ3) is 3.88. The highest BCUT2D eigenvalue weighted by molar-refractivity contribution is 6.51. The molecular formula is C26H21ClFNO5. The normalized spacial score (nSPS) is 17.2. The number of hydrogen-bond acceptors (Lipinski definition) is 5. The molecule has 6 nitrogen and oxygen atoms in total. The Labute approximate surface area is 200 Å². The average Bonchev–Trinajstić information content (AvgIpc) is 3.09. The van der Waals surface area contributed by atoms with Gasteiger partial charge in [-0.05, 0) is 42.3 Å². The Bertz CT molecular complexity index is 1340. The molecule has 0 bridgehead atoms. The molecule has 0 saturated carbocycles. The van der Waals surface area contributed by atoms with Crippen LogP contribution >= 0.6 is 11.6 Å². The van der Waals surface area contributed by atoms with Crippen LogP contribution in [0.25, 0.3) is 5.76 Å². The molecule has 8 heteroatoms. The van der Waals surface area contributed by atoms with Crippen molar-refractivity contribution < 1.29 is 28.6 Å². The number of halogens is 2. The summed E-state index contributed by atoms with van der Waals surface area (Å²) in [5.74, 6) is -2.33. The van der Waals surface area contributed by atoms with E-state index >= 15 is 0 Å². The minimum absolute atomic E-state index is 0.115. The summed E-state index contributed by atoms with van der Waals surface area (Å²) in [6, 6.07) is 14.4. The van der Waals surface area contributed by atoms with Crippen molar-refractivity contribution in [3.8, 4) is 11.5 Å². The number of ketones is 1. The Morgan fingerprint density at radius 1 is 1.00 bits per heavy atom. The molecule has 0 aromatic heterocycles. The second kappa shape index (κ2) is 9.19. The number of carbonyl (C=O) groups excluding carboxylic acids is 2. The minimum Gasteiger partial charge on any atom is -0.507 e. The fourth-order valence-electron chi connectivity index (χ4n) is 4.10. The summed E-state index contributed by atoms with van der Waals surface area (Å²) in [6.07, 6.45) is 0. The Kier molecular flexibility index (Phi) is 6.30. The van der Waals surface area contributed by atoms with E-state index in [2.05, 4.69) is 0 Å². The molecule has 4 rings (SSSR count). The van der Waals surface area contributed by atoms with Crippen molar-refractivity contribution in [1.29, 1.82) is 0 Å². The lowest BCUT2D eigenvalue weighted by molar-refractivity contribution is -0.132. The van der Waals surface area contributed by atoms with Gasteiger partial charge in [0.05, 0.1) is 36.4 Å². The molecule has 1 N–H and O–H groups in total. The zero-order valence-electron chi connectivity index (χ0n) is 18.6. The fraction of sp³-hybridized carbons (Fsp3) is 0.154. The zero-order valence-corrected chi connectivity index (χ0v) is 19.4. The second-order valence-electron chi connectivity index (χ2n) is 7.69. The zero-order chi connectivity index (χ0) is 24.6. The number of ether oxygens (including phenoxy) is 2. The summed E-state index contributed by atoms with van der Waals surface area (Å²) < 4.78 is 24.7. The SMILES string of the molecule is COc1cc(OC)c(/C(O)=C2\C(=O)C(=O)N(c3cccc(F)c3)C2c2ccccc2C)cc1Cl. The quantitative estimate of drug-likeness (QED) is 0.299. The first-order chi connectivity index (χ1) is 16.3. The molecule has 3 aromatic rings. The van der Waals surface area contributed by atoms with Crippen molar-refractivity contribution in [1.82, 2.24) is 0 Å². The topological polar surface area (TPSA) is 76.1 Å². The van der Waals surface area contributed by atoms with E-state index in [4.69, 9.17) is 21.1 Å². The van der Waals surface area contributed by atoms with Crippen LogP contribution in [0.1, 0.15) is 22.7 Å². The van der Waals surface area contributed by atoms with Gasteiger partial charge in [-0.3, -0.25) is 14.5 Å². The number of aryl methyl sites for hydroxylation is 1. The van der Waals surface area contributed by atoms with E-state index in [9.17, 15) is 19.1 Å². The van der Waals surface area contributed by atoms with Crippen LogP contribution in [0.4, 0.5) is 10.1 Å². The molecule has 1 atom stereocenters. The largest absolute Gasteiger partial charge is 0.507 e. The molecule has 174 valence electrons. The predicted molar refractivity (Wildman–Crippen MR) is 127 cm³/mol. The van der Waals surface area contributed by atoms with Crippen LogP contribution in [0.5, 0.6) is 11.5 Å². The lowest BCUT2D eigenvalue weighted by atomic mass is 9.92. The number of rotatable bonds is 5. The lowest BCUT2D eigenvalue weighted by Crippen LogP contribution is -2.29. The van der Waals surface area contributed by atoms with E-state index < -0.39 is 29.3 Å². The van der Waals surface area contributed by atoms with Crippen molar-refractivity contribution >= 4 is 34.7 Å². The third-order valence-electron chi connectivity index (χ3n) is 5.74. The third-order valence-corrected chi connectivity index (χ3v) is 6.04. The summed E-state index contributed by atoms with van der Waals surface area (Å²) in [7, 11) is 2.83. The van der Waals surface area contributed by atoms with E-state index in [1.54, 1.807) is 12.1 Å². The number of carbonyl (C=O) groups is 2. The summed E-state index contributed by atoms with van der Waals surface area (Å²) in [6.45, 7) is 1.83. The molecule has 1 heterocycles. The first kappa shape index (κ1) is 23.3. The van der Waals surface area contributed by atoms with Crippen LogP contribution in [0.2, 0.25) is 5.02 Å². The molecule has 1 saturated heterocycles. The smallest absolute Gasteiger partial charge is 0.300 e. The predicted octanol–water partition coefficient (Wildman–Crippen LogP) is 5.43. The summed E-state index contributed by atoms with van der Waals surface area (Å²) >= 11 is 6.28. The van der Waals surface area contributed by atoms with Crippen molar-refractivity contribution in [2.45, 2.75) is 13.0 Å². The Morgan fingerprint density at radius 3 is 2.35 bits per heavy atom. The van der Waals surface area contributed by atoms with E-state index in [1.807, 2.05) is 19.1 Å². The number of amides is 1. The van der Waals surface area contributed by atoms with Gasteiger partial charge in [-0.1, -0.05) is 41.9 Å². The minimum atomic E-state index is -1.01. The molecule has 0 aliphatic carbocycles. The van der Waals surface area contributed by atoms with Gasteiger partial charge < -0.3 is 14.6 Å². The van der Waals surface area contributed by atoms with Gasteiger partial charge in [0.2, 0.25) is 0 Å². The molecular weight excluding hydrogens is 461 g/mol. The number of anilines is 1. The monoisotopic (exact) mass is 481 g/mol. The summed E-state index contributed by atoms with van der Waals surface area (Å²) in [4.78, 5) is 27.7. The van der Waals surface area contributed by atoms with Gasteiger partial charge in [-0.25, -0.2) is 4.39 Å². The number of benzene rings is 3. The van der Waals surface area contributed by atoms with Gasteiger partial charge in [-0.2, -0.15) is 0 Å². The van der Waals surface area contributed by atoms with E-state index in [0.29, 0.717) is 11.3 Å². The van der Waals surface area contributed by atoms with E-state index in [-0.39, 0.29) is 27.6 Å². The number of hydrogen-bond donors (Lipinski definition) is 1. The van der Waals surface area contributed by atoms with Gasteiger partial charge in [0.1, 0.15) is 23.1 Å². The maximum Gasteiger partial charge on any atom is 0.300 e. The number of methoxy groups -OCH3 is 2. The highest BCUT2D eigenvalue weighted by Crippen LogP contribution is 2.45. The Hall–Kier alpha value is -3.84. The van der Waals surface area contributed by atoms with Gasteiger partial charge >= 0.3 is 0 Å². The molecule has 0 radical (unpaired) electrons. The maximum absolute atomic E-state index is 14.1. The van der Waals surface area contributed by atoms with E-state index in [0.717, 1.165) is 5.56 Å². The highest BCUT2D eigenvalue weighted by atomic mass is 35.5. The number of aliphatic hydroxyl groups excluding tert-OH is 1. The van der Waals surface area contributed by atoms with Crippen LogP contribution in [-0.4, -0.2) is 31.0 Å². The van der Waals surface area contributed by atoms with Crippen molar-refractivity contribution in [3.63, 3.8) is 0 Å². The molecule has 34 heavy (non-hydrogen) atoms. The molecule has 3 aromatic carbocycles. The highest BCUT2D eigenvalue weighted by Gasteiger charge is 2.47. The molecule has 0 spiro atoms. The van der Waals surface area contributed by atoms with Crippen molar-refractivity contribution in [2.75, 3.05) is 19.1 Å². The van der Waals surface area contributed by atoms with Crippen LogP contribution in [-0.2, 0) is 9.59 Å².